The van der Waals surface area contributed by atoms with Gasteiger partial charge in [0, 0.05) is 17.2 Å². The van der Waals surface area contributed by atoms with Crippen LogP contribution in [0.25, 0.3) is 17.4 Å². The number of furan rings is 1. The van der Waals surface area contributed by atoms with Crippen LogP contribution in [0.5, 0.6) is 0 Å². The molecule has 0 atom stereocenters. The van der Waals surface area contributed by atoms with E-state index in [0.29, 0.717) is 22.6 Å². The van der Waals surface area contributed by atoms with Gasteiger partial charge >= 0.3 is 6.03 Å². The van der Waals surface area contributed by atoms with Crippen molar-refractivity contribution in [3.05, 3.63) is 88.0 Å². The molecule has 1 fully saturated rings. The number of hydrogen-bond acceptors (Lipinski definition) is 5. The van der Waals surface area contributed by atoms with E-state index in [1.54, 1.807) is 12.1 Å². The number of aromatic carboxylic acids is 1. The molecule has 2 aromatic carbocycles. The first kappa shape index (κ1) is 20.4. The molecule has 1 saturated heterocycles. The Labute approximate surface area is 180 Å². The zero-order chi connectivity index (χ0) is 22.1. The average Bonchev–Trinajstić information content (AvgIpc) is 3.29. The molecule has 0 unspecified atom stereocenters. The van der Waals surface area contributed by atoms with Crippen LogP contribution in [0.2, 0.25) is 5.02 Å². The summed E-state index contributed by atoms with van der Waals surface area (Å²) in [6.07, 6.45) is 1.38. The summed E-state index contributed by atoms with van der Waals surface area (Å²) < 4.78 is 18.7. The second kappa shape index (κ2) is 8.08. The number of carboxylic acid groups (broad SMARTS) is 1. The zero-order valence-electron chi connectivity index (χ0n) is 15.7. The summed E-state index contributed by atoms with van der Waals surface area (Å²) in [5, 5.41) is 13.5. The van der Waals surface area contributed by atoms with Crippen LogP contribution in [0.1, 0.15) is 21.7 Å². The molecule has 3 aromatic rings. The maximum atomic E-state index is 13.0. The SMILES string of the molecule is O=C([O-])c1ccc(-c2ccc(/C=C3\NC(=O)N(Cc4ccc(F)cc4)C3=O)o2)cc1Cl. The van der Waals surface area contributed by atoms with E-state index < -0.39 is 23.7 Å². The van der Waals surface area contributed by atoms with E-state index >= 15 is 0 Å². The highest BCUT2D eigenvalue weighted by molar-refractivity contribution is 6.33. The molecule has 1 N–H and O–H groups in total. The minimum absolute atomic E-state index is 0.00322. The average molecular weight is 440 g/mol. The van der Waals surface area contributed by atoms with Gasteiger partial charge in [-0.1, -0.05) is 35.9 Å². The third-order valence-corrected chi connectivity index (χ3v) is 4.92. The molecule has 1 aliphatic rings. The van der Waals surface area contributed by atoms with E-state index in [0.717, 1.165) is 4.90 Å². The maximum Gasteiger partial charge on any atom is 0.329 e. The van der Waals surface area contributed by atoms with Crippen LogP contribution in [-0.2, 0) is 11.3 Å². The summed E-state index contributed by atoms with van der Waals surface area (Å²) in [5.41, 5.74) is 1.01. The largest absolute Gasteiger partial charge is 0.545 e. The summed E-state index contributed by atoms with van der Waals surface area (Å²) in [6, 6.07) is 12.3. The fourth-order valence-electron chi connectivity index (χ4n) is 3.05. The van der Waals surface area contributed by atoms with Crippen molar-refractivity contribution in [2.24, 2.45) is 0 Å². The molecule has 0 bridgehead atoms. The van der Waals surface area contributed by atoms with E-state index in [9.17, 15) is 23.9 Å². The first-order chi connectivity index (χ1) is 14.8. The van der Waals surface area contributed by atoms with Crippen LogP contribution in [0.4, 0.5) is 9.18 Å². The van der Waals surface area contributed by atoms with Gasteiger partial charge in [-0.25, -0.2) is 9.18 Å². The number of carbonyl (C=O) groups excluding carboxylic acids is 3. The minimum atomic E-state index is -1.39. The topological polar surface area (TPSA) is 103 Å². The molecule has 0 radical (unpaired) electrons. The molecule has 4 rings (SSSR count). The number of imide groups is 1. The summed E-state index contributed by atoms with van der Waals surface area (Å²) in [7, 11) is 0. The predicted octanol–water partition coefficient (Wildman–Crippen LogP) is 3.20. The van der Waals surface area contributed by atoms with Gasteiger partial charge in [0.2, 0.25) is 0 Å². The van der Waals surface area contributed by atoms with Gasteiger partial charge in [-0.15, -0.1) is 0 Å². The lowest BCUT2D eigenvalue weighted by Crippen LogP contribution is -2.30. The molecular weight excluding hydrogens is 427 g/mol. The quantitative estimate of drug-likeness (QED) is 0.486. The van der Waals surface area contributed by atoms with Crippen LogP contribution < -0.4 is 10.4 Å². The number of urea groups is 1. The fraction of sp³-hybridized carbons (Fsp3) is 0.0455. The van der Waals surface area contributed by atoms with E-state index in [1.807, 2.05) is 0 Å². The van der Waals surface area contributed by atoms with Crippen molar-refractivity contribution in [3.8, 4) is 11.3 Å². The van der Waals surface area contributed by atoms with E-state index in [4.69, 9.17) is 16.0 Å². The van der Waals surface area contributed by atoms with E-state index in [2.05, 4.69) is 5.32 Å². The first-order valence-electron chi connectivity index (χ1n) is 9.02. The number of amides is 3. The Morgan fingerprint density at radius 2 is 1.87 bits per heavy atom. The lowest BCUT2D eigenvalue weighted by Gasteiger charge is -2.11. The fourth-order valence-corrected chi connectivity index (χ4v) is 3.31. The van der Waals surface area contributed by atoms with Gasteiger partial charge in [-0.2, -0.15) is 0 Å². The van der Waals surface area contributed by atoms with Crippen LogP contribution in [0.15, 0.2) is 64.7 Å². The number of rotatable bonds is 5. The van der Waals surface area contributed by atoms with Crippen LogP contribution in [0.3, 0.4) is 0 Å². The molecule has 31 heavy (non-hydrogen) atoms. The second-order valence-electron chi connectivity index (χ2n) is 6.69. The molecule has 1 aliphatic heterocycles. The van der Waals surface area contributed by atoms with Crippen LogP contribution >= 0.6 is 11.6 Å². The van der Waals surface area contributed by atoms with E-state index in [-0.39, 0.29) is 22.8 Å². The lowest BCUT2D eigenvalue weighted by atomic mass is 10.1. The van der Waals surface area contributed by atoms with Gasteiger partial charge in [0.15, 0.2) is 0 Å². The van der Waals surface area contributed by atoms with Gasteiger partial charge in [0.25, 0.3) is 5.91 Å². The second-order valence-corrected chi connectivity index (χ2v) is 7.10. The van der Waals surface area contributed by atoms with Crippen molar-refractivity contribution < 1.29 is 28.3 Å². The van der Waals surface area contributed by atoms with Gasteiger partial charge in [-0.05, 0) is 35.9 Å². The number of carboxylic acids is 1. The Balaban J connectivity index is 1.53. The standard InChI is InChI=1S/C22H14ClFN2O5/c23-17-9-13(3-7-16(17)21(28)29)19-8-6-15(31-19)10-18-20(27)26(22(30)25-18)11-12-1-4-14(24)5-2-12/h1-10H,11H2,(H,25,30)(H,28,29)/p-1/b18-10-. The molecule has 3 amide bonds. The number of carbonyl (C=O) groups is 3. The van der Waals surface area contributed by atoms with Gasteiger partial charge in [0.1, 0.15) is 23.0 Å². The Morgan fingerprint density at radius 1 is 1.13 bits per heavy atom. The van der Waals surface area contributed by atoms with Crippen molar-refractivity contribution in [1.29, 1.82) is 0 Å². The summed E-state index contributed by atoms with van der Waals surface area (Å²) >= 11 is 5.95. The van der Waals surface area contributed by atoms with Gasteiger partial charge in [-0.3, -0.25) is 9.69 Å². The number of benzene rings is 2. The Hall–Kier alpha value is -3.91. The molecule has 0 aliphatic carbocycles. The molecular formula is C22H13ClFN2O5-. The molecule has 0 spiro atoms. The summed E-state index contributed by atoms with van der Waals surface area (Å²) in [5.74, 6) is -1.66. The molecule has 156 valence electrons. The van der Waals surface area contributed by atoms with Crippen molar-refractivity contribution in [2.75, 3.05) is 0 Å². The minimum Gasteiger partial charge on any atom is -0.545 e. The van der Waals surface area contributed by atoms with Crippen molar-refractivity contribution >= 4 is 35.6 Å². The highest BCUT2D eigenvalue weighted by Gasteiger charge is 2.33. The lowest BCUT2D eigenvalue weighted by molar-refractivity contribution is -0.255. The first-order valence-corrected chi connectivity index (χ1v) is 9.40. The predicted molar refractivity (Wildman–Crippen MR) is 107 cm³/mol. The highest BCUT2D eigenvalue weighted by atomic mass is 35.5. The van der Waals surface area contributed by atoms with Crippen molar-refractivity contribution in [2.45, 2.75) is 6.54 Å². The number of hydrogen-bond donors (Lipinski definition) is 1. The summed E-state index contributed by atoms with van der Waals surface area (Å²) in [4.78, 5) is 36.8. The molecule has 1 aromatic heterocycles. The molecule has 9 heteroatoms. The van der Waals surface area contributed by atoms with E-state index in [1.165, 1.54) is 48.5 Å². The molecule has 7 nitrogen and oxygen atoms in total. The zero-order valence-corrected chi connectivity index (χ0v) is 16.5. The van der Waals surface area contributed by atoms with Crippen LogP contribution in [0, 0.1) is 5.82 Å². The Bertz CT molecular complexity index is 1230. The number of nitrogens with one attached hydrogen (secondary N) is 1. The van der Waals surface area contributed by atoms with Crippen molar-refractivity contribution in [1.82, 2.24) is 10.2 Å². The van der Waals surface area contributed by atoms with Crippen molar-refractivity contribution in [3.63, 3.8) is 0 Å². The smallest absolute Gasteiger partial charge is 0.329 e. The third kappa shape index (κ3) is 4.19. The Morgan fingerprint density at radius 3 is 2.55 bits per heavy atom. The maximum absolute atomic E-state index is 13.0. The third-order valence-electron chi connectivity index (χ3n) is 4.60. The molecule has 0 saturated carbocycles. The summed E-state index contributed by atoms with van der Waals surface area (Å²) in [6.45, 7) is -0.00499. The molecule has 2 heterocycles. The monoisotopic (exact) mass is 439 g/mol. The highest BCUT2D eigenvalue weighted by Crippen LogP contribution is 2.28. The number of nitrogens with zero attached hydrogens (tertiary/aromatic N) is 1. The number of halogens is 2. The normalized spacial score (nSPS) is 14.9. The van der Waals surface area contributed by atoms with Crippen LogP contribution in [-0.4, -0.2) is 22.8 Å². The Kier molecular flexibility index (Phi) is 5.31. The van der Waals surface area contributed by atoms with Gasteiger partial charge in [0.05, 0.1) is 17.5 Å². The van der Waals surface area contributed by atoms with Gasteiger partial charge < -0.3 is 19.6 Å².